The second-order valence-electron chi connectivity index (χ2n) is 6.97. The Morgan fingerprint density at radius 1 is 1.11 bits per heavy atom. The van der Waals surface area contributed by atoms with Gasteiger partial charge in [0, 0.05) is 32.5 Å². The van der Waals surface area contributed by atoms with Crippen molar-refractivity contribution in [2.45, 2.75) is 25.0 Å². The van der Waals surface area contributed by atoms with E-state index in [0.29, 0.717) is 31.7 Å². The first-order valence-electron chi connectivity index (χ1n) is 9.53. The lowest BCUT2D eigenvalue weighted by molar-refractivity contribution is -0.169. The molecule has 0 aliphatic carbocycles. The summed E-state index contributed by atoms with van der Waals surface area (Å²) in [6.45, 7) is 3.17. The Kier molecular flexibility index (Phi) is 5.50. The lowest BCUT2D eigenvalue weighted by atomic mass is 10.0. The van der Waals surface area contributed by atoms with Crippen LogP contribution in [-0.2, 0) is 15.9 Å². The van der Waals surface area contributed by atoms with Gasteiger partial charge in [-0.25, -0.2) is 4.39 Å². The number of halogens is 1. The zero-order valence-corrected chi connectivity index (χ0v) is 15.6. The summed E-state index contributed by atoms with van der Waals surface area (Å²) in [6.07, 6.45) is 1.99. The molecule has 2 saturated heterocycles. The SMILES string of the molecule is O=C(NCCc1ccccc1F)c1ccc(N2CCC3(CC2)OCCO3)nn1. The largest absolute Gasteiger partial charge is 0.355 e. The monoisotopic (exact) mass is 386 g/mol. The Morgan fingerprint density at radius 2 is 1.86 bits per heavy atom. The number of hydrogen-bond donors (Lipinski definition) is 1. The number of nitrogens with zero attached hydrogens (tertiary/aromatic N) is 3. The maximum absolute atomic E-state index is 13.6. The van der Waals surface area contributed by atoms with Crippen molar-refractivity contribution in [2.75, 3.05) is 37.7 Å². The Labute approximate surface area is 162 Å². The number of piperidine rings is 1. The number of anilines is 1. The highest BCUT2D eigenvalue weighted by Crippen LogP contribution is 2.32. The minimum absolute atomic E-state index is 0.244. The molecular weight excluding hydrogens is 363 g/mol. The third kappa shape index (κ3) is 4.13. The van der Waals surface area contributed by atoms with Gasteiger partial charge >= 0.3 is 0 Å². The van der Waals surface area contributed by atoms with Gasteiger partial charge in [0.15, 0.2) is 17.3 Å². The van der Waals surface area contributed by atoms with E-state index in [9.17, 15) is 9.18 Å². The van der Waals surface area contributed by atoms with E-state index in [1.165, 1.54) is 6.07 Å². The van der Waals surface area contributed by atoms with E-state index < -0.39 is 5.79 Å². The fourth-order valence-electron chi connectivity index (χ4n) is 3.58. The maximum Gasteiger partial charge on any atom is 0.271 e. The van der Waals surface area contributed by atoms with E-state index in [1.807, 2.05) is 0 Å². The molecule has 7 nitrogen and oxygen atoms in total. The van der Waals surface area contributed by atoms with Crippen molar-refractivity contribution in [1.29, 1.82) is 0 Å². The molecular formula is C20H23FN4O3. The molecule has 3 heterocycles. The highest BCUT2D eigenvalue weighted by Gasteiger charge is 2.40. The van der Waals surface area contributed by atoms with Gasteiger partial charge in [0.05, 0.1) is 13.2 Å². The number of ether oxygens (including phenoxy) is 2. The molecule has 2 aromatic rings. The summed E-state index contributed by atoms with van der Waals surface area (Å²) in [5, 5.41) is 11.0. The van der Waals surface area contributed by atoms with Gasteiger partial charge in [-0.15, -0.1) is 10.2 Å². The predicted octanol–water partition coefficient (Wildman–Crippen LogP) is 1.93. The molecule has 0 saturated carbocycles. The van der Waals surface area contributed by atoms with Gasteiger partial charge in [0.2, 0.25) is 0 Å². The number of hydrogen-bond acceptors (Lipinski definition) is 6. The first kappa shape index (κ1) is 18.8. The summed E-state index contributed by atoms with van der Waals surface area (Å²) < 4.78 is 25.1. The summed E-state index contributed by atoms with van der Waals surface area (Å²) in [4.78, 5) is 14.3. The molecule has 0 radical (unpaired) electrons. The van der Waals surface area contributed by atoms with E-state index >= 15 is 0 Å². The van der Waals surface area contributed by atoms with Gasteiger partial charge in [-0.1, -0.05) is 18.2 Å². The fraction of sp³-hybridized carbons (Fsp3) is 0.450. The molecule has 2 fully saturated rings. The fourth-order valence-corrected chi connectivity index (χ4v) is 3.58. The molecule has 1 aromatic carbocycles. The third-order valence-corrected chi connectivity index (χ3v) is 5.18. The van der Waals surface area contributed by atoms with Gasteiger partial charge in [-0.2, -0.15) is 0 Å². The Morgan fingerprint density at radius 3 is 2.54 bits per heavy atom. The van der Waals surface area contributed by atoms with Gasteiger partial charge in [0.25, 0.3) is 5.91 Å². The molecule has 2 aliphatic heterocycles. The number of rotatable bonds is 5. The molecule has 8 heteroatoms. The number of carbonyl (C=O) groups excluding carboxylic acids is 1. The summed E-state index contributed by atoms with van der Waals surface area (Å²) in [7, 11) is 0. The van der Waals surface area contributed by atoms with Crippen molar-refractivity contribution < 1.29 is 18.7 Å². The summed E-state index contributed by atoms with van der Waals surface area (Å²) in [5.41, 5.74) is 0.815. The molecule has 1 N–H and O–H groups in total. The lowest BCUT2D eigenvalue weighted by Crippen LogP contribution is -2.45. The van der Waals surface area contributed by atoms with Crippen LogP contribution < -0.4 is 10.2 Å². The van der Waals surface area contributed by atoms with Crippen molar-refractivity contribution in [3.8, 4) is 0 Å². The van der Waals surface area contributed by atoms with E-state index in [4.69, 9.17) is 9.47 Å². The average Bonchev–Trinajstić information content (AvgIpc) is 3.18. The second kappa shape index (κ2) is 8.20. The zero-order chi connectivity index (χ0) is 19.4. The Bertz CT molecular complexity index is 814. The molecule has 1 spiro atoms. The van der Waals surface area contributed by atoms with Crippen LogP contribution in [0.2, 0.25) is 0 Å². The minimum atomic E-state index is -0.429. The van der Waals surface area contributed by atoms with Crippen LogP contribution in [0.1, 0.15) is 28.9 Å². The van der Waals surface area contributed by atoms with Crippen LogP contribution in [0, 0.1) is 5.82 Å². The molecule has 1 aromatic heterocycles. The normalized spacial score (nSPS) is 18.4. The average molecular weight is 386 g/mol. The Balaban J connectivity index is 1.28. The van der Waals surface area contributed by atoms with E-state index in [-0.39, 0.29) is 17.4 Å². The van der Waals surface area contributed by atoms with E-state index in [2.05, 4.69) is 20.4 Å². The number of benzene rings is 1. The molecule has 4 rings (SSSR count). The van der Waals surface area contributed by atoms with Crippen molar-refractivity contribution in [2.24, 2.45) is 0 Å². The number of aromatic nitrogens is 2. The van der Waals surface area contributed by atoms with Gasteiger partial charge in [-0.3, -0.25) is 4.79 Å². The molecule has 0 atom stereocenters. The van der Waals surface area contributed by atoms with Crippen LogP contribution in [0.3, 0.4) is 0 Å². The van der Waals surface area contributed by atoms with Gasteiger partial charge in [-0.05, 0) is 30.2 Å². The topological polar surface area (TPSA) is 76.6 Å². The third-order valence-electron chi connectivity index (χ3n) is 5.18. The van der Waals surface area contributed by atoms with Gasteiger partial charge < -0.3 is 19.7 Å². The van der Waals surface area contributed by atoms with Crippen LogP contribution in [0.5, 0.6) is 0 Å². The lowest BCUT2D eigenvalue weighted by Gasteiger charge is -2.37. The van der Waals surface area contributed by atoms with E-state index in [0.717, 1.165) is 31.7 Å². The first-order valence-corrected chi connectivity index (χ1v) is 9.53. The number of carbonyl (C=O) groups is 1. The molecule has 2 aliphatic rings. The molecule has 148 valence electrons. The number of nitrogens with one attached hydrogen (secondary N) is 1. The highest BCUT2D eigenvalue weighted by atomic mass is 19.1. The van der Waals surface area contributed by atoms with Crippen molar-refractivity contribution in [3.05, 3.63) is 53.5 Å². The molecule has 0 unspecified atom stereocenters. The van der Waals surface area contributed by atoms with Crippen molar-refractivity contribution in [1.82, 2.24) is 15.5 Å². The smallest absolute Gasteiger partial charge is 0.271 e. The predicted molar refractivity (Wildman–Crippen MR) is 101 cm³/mol. The van der Waals surface area contributed by atoms with Crippen LogP contribution in [0.25, 0.3) is 0 Å². The highest BCUT2D eigenvalue weighted by molar-refractivity contribution is 5.92. The van der Waals surface area contributed by atoms with E-state index in [1.54, 1.807) is 30.3 Å². The Hall–Kier alpha value is -2.58. The van der Waals surface area contributed by atoms with Gasteiger partial charge in [0.1, 0.15) is 5.82 Å². The zero-order valence-electron chi connectivity index (χ0n) is 15.6. The molecule has 1 amide bonds. The standard InChI is InChI=1S/C20H23FN4O3/c21-16-4-2-1-3-15(16)7-10-22-19(26)17-5-6-18(24-23-17)25-11-8-20(9-12-25)27-13-14-28-20/h1-6H,7-14H2,(H,22,26). The summed E-state index contributed by atoms with van der Waals surface area (Å²) >= 11 is 0. The minimum Gasteiger partial charge on any atom is -0.355 e. The molecule has 28 heavy (non-hydrogen) atoms. The summed E-state index contributed by atoms with van der Waals surface area (Å²) in [6, 6.07) is 10.00. The summed E-state index contributed by atoms with van der Waals surface area (Å²) in [5.74, 6) is -0.281. The quantitative estimate of drug-likeness (QED) is 0.846. The van der Waals surface area contributed by atoms with Crippen LogP contribution in [0.4, 0.5) is 10.2 Å². The maximum atomic E-state index is 13.6. The van der Waals surface area contributed by atoms with Crippen LogP contribution in [-0.4, -0.2) is 54.7 Å². The second-order valence-corrected chi connectivity index (χ2v) is 6.97. The van der Waals surface area contributed by atoms with Crippen LogP contribution in [0.15, 0.2) is 36.4 Å². The van der Waals surface area contributed by atoms with Crippen molar-refractivity contribution in [3.63, 3.8) is 0 Å². The first-order chi connectivity index (χ1) is 13.7. The van der Waals surface area contributed by atoms with Crippen molar-refractivity contribution >= 4 is 11.7 Å². The molecule has 0 bridgehead atoms. The number of amides is 1. The van der Waals surface area contributed by atoms with Crippen LogP contribution >= 0.6 is 0 Å².